The Balaban J connectivity index is 2.12. The maximum absolute atomic E-state index is 13.0. The largest absolute Gasteiger partial charge is 0.377 e. The van der Waals surface area contributed by atoms with Crippen LogP contribution in [0.5, 0.6) is 0 Å². The summed E-state index contributed by atoms with van der Waals surface area (Å²) in [5, 5.41) is 3.39. The van der Waals surface area contributed by atoms with Gasteiger partial charge >= 0.3 is 0 Å². The molecule has 1 N–H and O–H groups in total. The lowest BCUT2D eigenvalue weighted by Gasteiger charge is -2.41. The Hall–Kier alpha value is -2.01. The number of nitrogens with one attached hydrogen (secondary N) is 1. The number of nitrogens with zero attached hydrogens (tertiary/aromatic N) is 1. The second-order valence-electron chi connectivity index (χ2n) is 6.35. The molecule has 3 rings (SSSR count). The Morgan fingerprint density at radius 1 is 1.05 bits per heavy atom. The van der Waals surface area contributed by atoms with E-state index < -0.39 is 10.0 Å². The molecule has 0 aromatic heterocycles. The number of fused-ring (bicyclic) bond motifs is 1. The standard InChI is InChI=1S/C17H20N2O2S/c1-13-8-10-14(11-9-13)22(20,21)19-12-17(2,3)18-15-6-4-5-7-16(15)19/h4-11,18H,12H2,1-3H3. The zero-order chi connectivity index (χ0) is 16.0. The van der Waals surface area contributed by atoms with E-state index in [2.05, 4.69) is 5.32 Å². The number of rotatable bonds is 2. The SMILES string of the molecule is Cc1ccc(S(=O)(=O)N2CC(C)(C)Nc3ccccc32)cc1. The Morgan fingerprint density at radius 3 is 2.36 bits per heavy atom. The van der Waals surface area contributed by atoms with Crippen molar-refractivity contribution in [1.82, 2.24) is 0 Å². The van der Waals surface area contributed by atoms with E-state index in [1.807, 2.05) is 57.2 Å². The average Bonchev–Trinajstić information content (AvgIpc) is 2.46. The molecule has 0 atom stereocenters. The quantitative estimate of drug-likeness (QED) is 0.924. The van der Waals surface area contributed by atoms with Crippen LogP contribution in [0, 0.1) is 6.92 Å². The van der Waals surface area contributed by atoms with Gasteiger partial charge in [0, 0.05) is 0 Å². The van der Waals surface area contributed by atoms with Gasteiger partial charge in [0.2, 0.25) is 0 Å². The number of benzene rings is 2. The molecule has 0 spiro atoms. The van der Waals surface area contributed by atoms with E-state index in [1.165, 1.54) is 4.31 Å². The van der Waals surface area contributed by atoms with Crippen LogP contribution in [0.2, 0.25) is 0 Å². The van der Waals surface area contributed by atoms with Crippen LogP contribution < -0.4 is 9.62 Å². The van der Waals surface area contributed by atoms with Crippen molar-refractivity contribution in [1.29, 1.82) is 0 Å². The van der Waals surface area contributed by atoms with Crippen LogP contribution in [0.15, 0.2) is 53.4 Å². The molecule has 0 fully saturated rings. The van der Waals surface area contributed by atoms with Crippen molar-refractivity contribution in [3.8, 4) is 0 Å². The van der Waals surface area contributed by atoms with E-state index in [0.29, 0.717) is 17.1 Å². The van der Waals surface area contributed by atoms with E-state index in [1.54, 1.807) is 12.1 Å². The zero-order valence-electron chi connectivity index (χ0n) is 13.0. The van der Waals surface area contributed by atoms with Crippen LogP contribution >= 0.6 is 0 Å². The second-order valence-corrected chi connectivity index (χ2v) is 8.21. The zero-order valence-corrected chi connectivity index (χ0v) is 13.8. The van der Waals surface area contributed by atoms with E-state index in [0.717, 1.165) is 11.3 Å². The topological polar surface area (TPSA) is 49.4 Å². The van der Waals surface area contributed by atoms with Crippen LogP contribution in [-0.2, 0) is 10.0 Å². The summed E-state index contributed by atoms with van der Waals surface area (Å²) in [6, 6.07) is 14.5. The highest BCUT2D eigenvalue weighted by atomic mass is 32.2. The molecule has 0 saturated heterocycles. The summed E-state index contributed by atoms with van der Waals surface area (Å²) in [6.45, 7) is 6.33. The normalized spacial score (nSPS) is 16.8. The number of sulfonamides is 1. The van der Waals surface area contributed by atoms with Gasteiger partial charge in [-0.25, -0.2) is 8.42 Å². The van der Waals surface area contributed by atoms with Crippen molar-refractivity contribution in [3.63, 3.8) is 0 Å². The van der Waals surface area contributed by atoms with Gasteiger partial charge in [0.25, 0.3) is 10.0 Å². The van der Waals surface area contributed by atoms with Gasteiger partial charge in [-0.15, -0.1) is 0 Å². The monoisotopic (exact) mass is 316 g/mol. The summed E-state index contributed by atoms with van der Waals surface area (Å²) < 4.78 is 27.6. The Labute approximate surface area is 131 Å². The molecule has 1 heterocycles. The molecule has 4 nitrogen and oxygen atoms in total. The van der Waals surface area contributed by atoms with E-state index in [9.17, 15) is 8.42 Å². The number of hydrogen-bond acceptors (Lipinski definition) is 3. The summed E-state index contributed by atoms with van der Waals surface area (Å²) >= 11 is 0. The first-order chi connectivity index (χ1) is 10.3. The van der Waals surface area contributed by atoms with Gasteiger partial charge in [-0.3, -0.25) is 4.31 Å². The molecule has 0 unspecified atom stereocenters. The van der Waals surface area contributed by atoms with Crippen molar-refractivity contribution < 1.29 is 8.42 Å². The van der Waals surface area contributed by atoms with Gasteiger partial charge < -0.3 is 5.32 Å². The average molecular weight is 316 g/mol. The molecule has 0 bridgehead atoms. The Morgan fingerprint density at radius 2 is 1.68 bits per heavy atom. The highest BCUT2D eigenvalue weighted by molar-refractivity contribution is 7.92. The first-order valence-electron chi connectivity index (χ1n) is 7.26. The molecule has 1 aliphatic heterocycles. The van der Waals surface area contributed by atoms with Crippen LogP contribution in [0.1, 0.15) is 19.4 Å². The van der Waals surface area contributed by atoms with Crippen LogP contribution in [0.25, 0.3) is 0 Å². The third-order valence-corrected chi connectivity index (χ3v) is 5.57. The second kappa shape index (κ2) is 5.02. The molecular formula is C17H20N2O2S. The molecule has 1 aliphatic rings. The highest BCUT2D eigenvalue weighted by Gasteiger charge is 2.36. The third kappa shape index (κ3) is 2.57. The molecule has 22 heavy (non-hydrogen) atoms. The Kier molecular flexibility index (Phi) is 3.40. The van der Waals surface area contributed by atoms with E-state index in [-0.39, 0.29) is 5.54 Å². The molecule has 0 radical (unpaired) electrons. The lowest BCUT2D eigenvalue weighted by molar-refractivity contribution is 0.543. The minimum Gasteiger partial charge on any atom is -0.377 e. The number of aryl methyl sites for hydroxylation is 1. The smallest absolute Gasteiger partial charge is 0.264 e. The van der Waals surface area contributed by atoms with E-state index >= 15 is 0 Å². The third-order valence-electron chi connectivity index (χ3n) is 3.79. The predicted molar refractivity (Wildman–Crippen MR) is 89.9 cm³/mol. The minimum atomic E-state index is -3.57. The summed E-state index contributed by atoms with van der Waals surface area (Å²) in [5.74, 6) is 0. The molecule has 0 amide bonds. The molecule has 5 heteroatoms. The first-order valence-corrected chi connectivity index (χ1v) is 8.70. The van der Waals surface area contributed by atoms with Crippen LogP contribution in [0.3, 0.4) is 0 Å². The molecule has 2 aromatic carbocycles. The minimum absolute atomic E-state index is 0.325. The number of anilines is 2. The molecule has 2 aromatic rings. The summed E-state index contributed by atoms with van der Waals surface area (Å²) in [6.07, 6.45) is 0. The highest BCUT2D eigenvalue weighted by Crippen LogP contribution is 2.37. The number of hydrogen-bond donors (Lipinski definition) is 1. The molecule has 0 saturated carbocycles. The van der Waals surface area contributed by atoms with Gasteiger partial charge in [-0.1, -0.05) is 29.8 Å². The molecule has 116 valence electrons. The van der Waals surface area contributed by atoms with Gasteiger partial charge in [0.05, 0.1) is 28.4 Å². The van der Waals surface area contributed by atoms with Gasteiger partial charge in [0.1, 0.15) is 0 Å². The van der Waals surface area contributed by atoms with Gasteiger partial charge in [-0.05, 0) is 45.0 Å². The maximum Gasteiger partial charge on any atom is 0.264 e. The first kappa shape index (κ1) is 14.9. The van der Waals surface area contributed by atoms with Crippen molar-refractivity contribution in [3.05, 3.63) is 54.1 Å². The fourth-order valence-corrected chi connectivity index (χ4v) is 4.34. The fraction of sp³-hybridized carbons (Fsp3) is 0.294. The van der Waals surface area contributed by atoms with Crippen molar-refractivity contribution in [2.24, 2.45) is 0 Å². The van der Waals surface area contributed by atoms with Crippen LogP contribution in [0.4, 0.5) is 11.4 Å². The summed E-state index contributed by atoms with van der Waals surface area (Å²) in [5.41, 5.74) is 2.25. The fourth-order valence-electron chi connectivity index (χ4n) is 2.70. The lowest BCUT2D eigenvalue weighted by Crippen LogP contribution is -2.50. The number of para-hydroxylation sites is 2. The molecular weight excluding hydrogens is 296 g/mol. The lowest BCUT2D eigenvalue weighted by atomic mass is 10.0. The molecule has 0 aliphatic carbocycles. The van der Waals surface area contributed by atoms with Gasteiger partial charge in [-0.2, -0.15) is 0 Å². The van der Waals surface area contributed by atoms with E-state index in [4.69, 9.17) is 0 Å². The van der Waals surface area contributed by atoms with Crippen LogP contribution in [-0.4, -0.2) is 20.5 Å². The van der Waals surface area contributed by atoms with Crippen molar-refractivity contribution >= 4 is 21.4 Å². The summed E-state index contributed by atoms with van der Waals surface area (Å²) in [7, 11) is -3.57. The Bertz CT molecular complexity index is 796. The summed E-state index contributed by atoms with van der Waals surface area (Å²) in [4.78, 5) is 0.325. The van der Waals surface area contributed by atoms with Gasteiger partial charge in [0.15, 0.2) is 0 Å². The maximum atomic E-state index is 13.0. The predicted octanol–water partition coefficient (Wildman–Crippen LogP) is 3.39. The van der Waals surface area contributed by atoms with Crippen molar-refractivity contribution in [2.45, 2.75) is 31.2 Å². The van der Waals surface area contributed by atoms with Crippen molar-refractivity contribution in [2.75, 3.05) is 16.2 Å².